The van der Waals surface area contributed by atoms with Gasteiger partial charge in [-0.1, -0.05) is 25.0 Å². The Hall–Kier alpha value is -1.06. The van der Waals surface area contributed by atoms with Crippen molar-refractivity contribution in [3.8, 4) is 5.75 Å². The zero-order valence-electron chi connectivity index (χ0n) is 12.5. The molecule has 2 atom stereocenters. The molecule has 0 spiro atoms. The van der Waals surface area contributed by atoms with Crippen molar-refractivity contribution in [1.29, 1.82) is 0 Å². The predicted molar refractivity (Wildman–Crippen MR) is 82.1 cm³/mol. The minimum absolute atomic E-state index is 0.285. The van der Waals surface area contributed by atoms with Crippen LogP contribution in [0.1, 0.15) is 37.7 Å². The van der Waals surface area contributed by atoms with Crippen LogP contribution in [-0.4, -0.2) is 26.4 Å². The van der Waals surface area contributed by atoms with Crippen molar-refractivity contribution < 1.29 is 9.47 Å². The van der Waals surface area contributed by atoms with E-state index in [0.717, 1.165) is 31.7 Å². The lowest BCUT2D eigenvalue weighted by atomic mass is 9.97. The molecule has 112 valence electrons. The van der Waals surface area contributed by atoms with Crippen molar-refractivity contribution >= 4 is 0 Å². The molecule has 1 aliphatic rings. The Morgan fingerprint density at radius 3 is 2.55 bits per heavy atom. The molecule has 3 nitrogen and oxygen atoms in total. The summed E-state index contributed by atoms with van der Waals surface area (Å²) in [6, 6.07) is 8.40. The van der Waals surface area contributed by atoms with Gasteiger partial charge in [-0.2, -0.15) is 0 Å². The topological polar surface area (TPSA) is 44.5 Å². The van der Waals surface area contributed by atoms with Crippen molar-refractivity contribution in [2.75, 3.05) is 20.3 Å². The normalized spacial score (nSPS) is 23.3. The molecule has 3 heteroatoms. The van der Waals surface area contributed by atoms with Gasteiger partial charge >= 0.3 is 0 Å². The SMILES string of the molecule is COCCc1ccc(OC2CCCCCC2CN)cc1. The zero-order chi connectivity index (χ0) is 14.2. The van der Waals surface area contributed by atoms with Gasteiger partial charge in [-0.3, -0.25) is 0 Å². The molecule has 0 bridgehead atoms. The van der Waals surface area contributed by atoms with Crippen LogP contribution in [0.4, 0.5) is 0 Å². The highest BCUT2D eigenvalue weighted by Gasteiger charge is 2.24. The van der Waals surface area contributed by atoms with Gasteiger partial charge in [0.15, 0.2) is 0 Å². The molecular formula is C17H27NO2. The van der Waals surface area contributed by atoms with Crippen molar-refractivity contribution in [2.45, 2.75) is 44.6 Å². The zero-order valence-corrected chi connectivity index (χ0v) is 12.5. The molecule has 1 aromatic carbocycles. The number of methoxy groups -OCH3 is 1. The number of benzene rings is 1. The van der Waals surface area contributed by atoms with Crippen LogP contribution >= 0.6 is 0 Å². The molecule has 2 rings (SSSR count). The fraction of sp³-hybridized carbons (Fsp3) is 0.647. The second kappa shape index (κ2) is 8.28. The van der Waals surface area contributed by atoms with E-state index in [1.54, 1.807) is 7.11 Å². The predicted octanol–water partition coefficient (Wildman–Crippen LogP) is 3.16. The van der Waals surface area contributed by atoms with Crippen LogP contribution in [0.15, 0.2) is 24.3 Å². The van der Waals surface area contributed by atoms with Crippen LogP contribution in [0, 0.1) is 5.92 Å². The highest BCUT2D eigenvalue weighted by atomic mass is 16.5. The second-order valence-electron chi connectivity index (χ2n) is 5.68. The minimum atomic E-state index is 0.285. The van der Waals surface area contributed by atoms with Gasteiger partial charge in [0.2, 0.25) is 0 Å². The average molecular weight is 277 g/mol. The molecule has 0 heterocycles. The van der Waals surface area contributed by atoms with Gasteiger partial charge in [-0.15, -0.1) is 0 Å². The molecule has 20 heavy (non-hydrogen) atoms. The first kappa shape index (κ1) is 15.3. The van der Waals surface area contributed by atoms with Crippen molar-refractivity contribution in [1.82, 2.24) is 0 Å². The van der Waals surface area contributed by atoms with E-state index >= 15 is 0 Å². The number of rotatable bonds is 6. The number of hydrogen-bond acceptors (Lipinski definition) is 3. The molecule has 0 amide bonds. The van der Waals surface area contributed by atoms with E-state index < -0.39 is 0 Å². The second-order valence-corrected chi connectivity index (χ2v) is 5.68. The molecule has 0 aliphatic heterocycles. The van der Waals surface area contributed by atoms with Gasteiger partial charge in [0.1, 0.15) is 11.9 Å². The van der Waals surface area contributed by atoms with Gasteiger partial charge in [-0.05, 0) is 49.9 Å². The summed E-state index contributed by atoms with van der Waals surface area (Å²) in [6.07, 6.45) is 7.43. The van der Waals surface area contributed by atoms with Gasteiger partial charge < -0.3 is 15.2 Å². The summed E-state index contributed by atoms with van der Waals surface area (Å²) >= 11 is 0. The summed E-state index contributed by atoms with van der Waals surface area (Å²) in [5, 5.41) is 0. The summed E-state index contributed by atoms with van der Waals surface area (Å²) in [5.41, 5.74) is 7.19. The van der Waals surface area contributed by atoms with Gasteiger partial charge in [0, 0.05) is 13.0 Å². The average Bonchev–Trinajstić information content (AvgIpc) is 2.71. The Labute approximate surface area is 122 Å². The third-order valence-electron chi connectivity index (χ3n) is 4.20. The first-order valence-corrected chi connectivity index (χ1v) is 7.78. The standard InChI is InChI=1S/C17H27NO2/c1-19-12-11-14-7-9-16(10-8-14)20-17-6-4-2-3-5-15(17)13-18/h7-10,15,17H,2-6,11-13,18H2,1H3. The minimum Gasteiger partial charge on any atom is -0.490 e. The lowest BCUT2D eigenvalue weighted by Crippen LogP contribution is -2.31. The summed E-state index contributed by atoms with van der Waals surface area (Å²) < 4.78 is 11.3. The monoisotopic (exact) mass is 277 g/mol. The van der Waals surface area contributed by atoms with Gasteiger partial charge in [0.05, 0.1) is 6.61 Å². The smallest absolute Gasteiger partial charge is 0.119 e. The van der Waals surface area contributed by atoms with Crippen LogP contribution in [0.5, 0.6) is 5.75 Å². The third-order valence-corrected chi connectivity index (χ3v) is 4.20. The summed E-state index contributed by atoms with van der Waals surface area (Å²) in [5.74, 6) is 1.47. The highest BCUT2D eigenvalue weighted by molar-refractivity contribution is 5.27. The molecule has 1 aromatic rings. The van der Waals surface area contributed by atoms with Crippen molar-refractivity contribution in [3.05, 3.63) is 29.8 Å². The lowest BCUT2D eigenvalue weighted by Gasteiger charge is -2.25. The van der Waals surface area contributed by atoms with Crippen molar-refractivity contribution in [2.24, 2.45) is 11.7 Å². The van der Waals surface area contributed by atoms with Crippen LogP contribution in [0.2, 0.25) is 0 Å². The lowest BCUT2D eigenvalue weighted by molar-refractivity contribution is 0.129. The first-order valence-electron chi connectivity index (χ1n) is 7.78. The number of hydrogen-bond donors (Lipinski definition) is 1. The van der Waals surface area contributed by atoms with Crippen LogP contribution in [-0.2, 0) is 11.2 Å². The third kappa shape index (κ3) is 4.50. The van der Waals surface area contributed by atoms with Gasteiger partial charge in [-0.25, -0.2) is 0 Å². The molecule has 1 fully saturated rings. The van der Waals surface area contributed by atoms with Crippen LogP contribution in [0.25, 0.3) is 0 Å². The molecular weight excluding hydrogens is 250 g/mol. The molecule has 1 aliphatic carbocycles. The molecule has 2 N–H and O–H groups in total. The Morgan fingerprint density at radius 2 is 1.85 bits per heavy atom. The van der Waals surface area contributed by atoms with E-state index in [9.17, 15) is 0 Å². The van der Waals surface area contributed by atoms with E-state index in [-0.39, 0.29) is 6.10 Å². The number of nitrogens with two attached hydrogens (primary N) is 1. The van der Waals surface area contributed by atoms with E-state index in [2.05, 4.69) is 24.3 Å². The number of ether oxygens (including phenoxy) is 2. The Bertz CT molecular complexity index is 377. The molecule has 0 saturated heterocycles. The Balaban J connectivity index is 1.93. The summed E-state index contributed by atoms with van der Waals surface area (Å²) in [4.78, 5) is 0. The molecule has 2 unspecified atom stereocenters. The fourth-order valence-corrected chi connectivity index (χ4v) is 2.90. The maximum absolute atomic E-state index is 6.19. The Morgan fingerprint density at radius 1 is 1.10 bits per heavy atom. The first-order chi connectivity index (χ1) is 9.83. The largest absolute Gasteiger partial charge is 0.490 e. The maximum atomic E-state index is 6.19. The maximum Gasteiger partial charge on any atom is 0.119 e. The fourth-order valence-electron chi connectivity index (χ4n) is 2.90. The van der Waals surface area contributed by atoms with E-state index in [0.29, 0.717) is 5.92 Å². The van der Waals surface area contributed by atoms with E-state index in [1.165, 1.54) is 31.2 Å². The molecule has 0 aromatic heterocycles. The van der Waals surface area contributed by atoms with Crippen LogP contribution in [0.3, 0.4) is 0 Å². The summed E-state index contributed by atoms with van der Waals surface area (Å²) in [6.45, 7) is 1.49. The van der Waals surface area contributed by atoms with Crippen LogP contribution < -0.4 is 10.5 Å². The van der Waals surface area contributed by atoms with Gasteiger partial charge in [0.25, 0.3) is 0 Å². The van der Waals surface area contributed by atoms with E-state index in [1.807, 2.05) is 0 Å². The van der Waals surface area contributed by atoms with E-state index in [4.69, 9.17) is 15.2 Å². The van der Waals surface area contributed by atoms with Crippen molar-refractivity contribution in [3.63, 3.8) is 0 Å². The molecule has 1 saturated carbocycles. The quantitative estimate of drug-likeness (QED) is 0.812. The Kier molecular flexibility index (Phi) is 6.34. The summed E-state index contributed by atoms with van der Waals surface area (Å²) in [7, 11) is 1.73. The highest BCUT2D eigenvalue weighted by Crippen LogP contribution is 2.27. The molecule has 0 radical (unpaired) electrons.